The van der Waals surface area contributed by atoms with Crippen molar-refractivity contribution in [1.82, 2.24) is 0 Å². The Bertz CT molecular complexity index is 824. The second-order valence-electron chi connectivity index (χ2n) is 6.76. The minimum absolute atomic E-state index is 8.22. The van der Waals surface area contributed by atoms with Crippen molar-refractivity contribution in [2.75, 3.05) is 0 Å². The van der Waals surface area contributed by atoms with E-state index in [-0.39, 0.29) is 0 Å². The summed E-state index contributed by atoms with van der Waals surface area (Å²) in [5.74, 6) is -83.4. The van der Waals surface area contributed by atoms with Crippen molar-refractivity contribution in [2.24, 2.45) is 0 Å². The molecule has 0 aromatic rings. The van der Waals surface area contributed by atoms with Gasteiger partial charge < -0.3 is 0 Å². The van der Waals surface area contributed by atoms with Gasteiger partial charge in [0.25, 0.3) is 0 Å². The van der Waals surface area contributed by atoms with Gasteiger partial charge >= 0.3 is 72.7 Å². The van der Waals surface area contributed by atoms with Crippen LogP contribution in [0.5, 0.6) is 0 Å². The number of hydrogen-bond donors (Lipinski definition) is 0. The standard InChI is InChI=1S/C11F26Si/c12-1(13,3(16,17)5(20,21)7(24,25)26)2(14,15)4(18,19)6(22,23)8(27,28)38(9(29,30)31,10(32,33)34)11(35,36)37. The van der Waals surface area contributed by atoms with Crippen LogP contribution >= 0.6 is 0 Å². The minimum atomic E-state index is -11.8. The van der Waals surface area contributed by atoms with Crippen molar-refractivity contribution in [3.8, 4) is 0 Å². The summed E-state index contributed by atoms with van der Waals surface area (Å²) in [4.78, 5) is 0. The molecule has 0 saturated heterocycles. The summed E-state index contributed by atoms with van der Waals surface area (Å²) in [6.07, 6.45) is -8.22. The zero-order valence-corrected chi connectivity index (χ0v) is 16.8. The van der Waals surface area contributed by atoms with E-state index >= 15 is 0 Å². The molecule has 0 fully saturated rings. The zero-order chi connectivity index (χ0) is 32.0. The van der Waals surface area contributed by atoms with Crippen LogP contribution < -0.4 is 0 Å². The Kier molecular flexibility index (Phi) is 8.09. The van der Waals surface area contributed by atoms with Crippen LogP contribution in [-0.2, 0) is 0 Å². The highest BCUT2D eigenvalue weighted by molar-refractivity contribution is 6.87. The first-order valence-electron chi connectivity index (χ1n) is 7.66. The van der Waals surface area contributed by atoms with Crippen LogP contribution in [0.1, 0.15) is 0 Å². The lowest BCUT2D eigenvalue weighted by molar-refractivity contribution is -0.459. The SMILES string of the molecule is FC(F)(F)C(F)(F)C(F)(F)C(F)(F)C(F)(F)C(F)(F)C(F)(F)C(F)(F)[Si](C(F)(F)F)(C(F)(F)F)C(F)(F)F. The summed E-state index contributed by atoms with van der Waals surface area (Å²) in [6, 6.07) is 0. The van der Waals surface area contributed by atoms with E-state index in [0.717, 1.165) is 0 Å². The highest BCUT2D eigenvalue weighted by atomic mass is 28.3. The predicted octanol–water partition coefficient (Wildman–Crippen LogP) is 8.29. The Hall–Kier alpha value is -1.60. The molecule has 0 N–H and O–H groups in total. The van der Waals surface area contributed by atoms with Gasteiger partial charge in [-0.05, 0) is 0 Å². The summed E-state index contributed by atoms with van der Waals surface area (Å²) in [5.41, 5.74) is -9.78. The fraction of sp³-hybridized carbons (Fsp3) is 1.00. The molecule has 38 heavy (non-hydrogen) atoms. The van der Waals surface area contributed by atoms with Crippen molar-refractivity contribution >= 4 is 8.07 Å². The van der Waals surface area contributed by atoms with Gasteiger partial charge in [-0.2, -0.15) is 105 Å². The fourth-order valence-corrected chi connectivity index (χ4v) is 5.08. The van der Waals surface area contributed by atoms with E-state index < -0.39 is 72.7 Å². The molecule has 0 aliphatic carbocycles. The Morgan fingerprint density at radius 1 is 0.237 bits per heavy atom. The normalized spacial score (nSPS) is 17.2. The summed E-state index contributed by atoms with van der Waals surface area (Å²) < 4.78 is 336. The van der Waals surface area contributed by atoms with Crippen molar-refractivity contribution in [2.45, 2.75) is 64.7 Å². The van der Waals surface area contributed by atoms with E-state index in [0.29, 0.717) is 0 Å². The molecule has 0 spiro atoms. The van der Waals surface area contributed by atoms with Crippen LogP contribution in [0, 0.1) is 0 Å². The molecule has 0 aliphatic rings. The zero-order valence-electron chi connectivity index (χ0n) is 15.8. The van der Waals surface area contributed by atoms with E-state index in [4.69, 9.17) is 0 Å². The number of rotatable bonds is 7. The van der Waals surface area contributed by atoms with E-state index in [2.05, 4.69) is 0 Å². The molecule has 27 heteroatoms. The predicted molar refractivity (Wildman–Crippen MR) is 64.6 cm³/mol. The van der Waals surface area contributed by atoms with Crippen LogP contribution in [0.25, 0.3) is 0 Å². The molecule has 0 aliphatic heterocycles. The highest BCUT2D eigenvalue weighted by Gasteiger charge is 3.06. The van der Waals surface area contributed by atoms with Crippen molar-refractivity contribution in [3.05, 3.63) is 0 Å². The lowest BCUT2D eigenvalue weighted by Crippen LogP contribution is -2.87. The molecule has 0 saturated carbocycles. The van der Waals surface area contributed by atoms with Crippen LogP contribution in [0.15, 0.2) is 0 Å². The minimum Gasteiger partial charge on any atom is -0.203 e. The first kappa shape index (κ1) is 36.4. The molecule has 0 amide bonds. The number of alkyl halides is 26. The van der Waals surface area contributed by atoms with Crippen LogP contribution in [0.4, 0.5) is 114 Å². The molecule has 0 atom stereocenters. The Morgan fingerprint density at radius 3 is 0.605 bits per heavy atom. The van der Waals surface area contributed by atoms with E-state index in [1.54, 1.807) is 0 Å². The Morgan fingerprint density at radius 2 is 0.421 bits per heavy atom. The molecule has 0 bridgehead atoms. The summed E-state index contributed by atoms with van der Waals surface area (Å²) in [5, 5.41) is 0. The third-order valence-corrected chi connectivity index (χ3v) is 8.28. The quantitative estimate of drug-likeness (QED) is 0.192. The summed E-state index contributed by atoms with van der Waals surface area (Å²) >= 11 is 0. The van der Waals surface area contributed by atoms with E-state index in [1.807, 2.05) is 0 Å². The Labute approximate surface area is 188 Å². The summed E-state index contributed by atoms with van der Waals surface area (Å²) in [6.45, 7) is 0. The third kappa shape index (κ3) is 4.04. The topological polar surface area (TPSA) is 0 Å². The smallest absolute Gasteiger partial charge is 0.203 e. The fourth-order valence-electron chi connectivity index (χ4n) is 2.42. The second kappa shape index (κ2) is 8.45. The molecular weight excluding hydrogens is 654 g/mol. The van der Waals surface area contributed by atoms with Gasteiger partial charge in [0.15, 0.2) is 0 Å². The van der Waals surface area contributed by atoms with Crippen LogP contribution in [-0.4, -0.2) is 72.7 Å². The van der Waals surface area contributed by atoms with Gasteiger partial charge in [0.2, 0.25) is 0 Å². The maximum atomic E-state index is 13.7. The maximum Gasteiger partial charge on any atom is 0.504 e. The van der Waals surface area contributed by atoms with Crippen molar-refractivity contribution in [3.63, 3.8) is 0 Å². The maximum absolute atomic E-state index is 13.7. The molecule has 0 unspecified atom stereocenters. The molecule has 0 aromatic carbocycles. The van der Waals surface area contributed by atoms with E-state index in [1.165, 1.54) is 0 Å². The molecule has 0 heterocycles. The van der Waals surface area contributed by atoms with Gasteiger partial charge in [0.05, 0.1) is 0 Å². The molecule has 0 radical (unpaired) electrons. The summed E-state index contributed by atoms with van der Waals surface area (Å²) in [7, 11) is -11.8. The average molecular weight is 654 g/mol. The largest absolute Gasteiger partial charge is 0.504 e. The molecule has 0 aromatic heterocycles. The third-order valence-electron chi connectivity index (χ3n) is 4.47. The average Bonchev–Trinajstić information content (AvgIpc) is 2.55. The molecular formula is C11F26Si. The van der Waals surface area contributed by atoms with Gasteiger partial charge in [-0.3, -0.25) is 0 Å². The number of halogens is 26. The van der Waals surface area contributed by atoms with Crippen LogP contribution in [0.3, 0.4) is 0 Å². The lowest BCUT2D eigenvalue weighted by atomic mass is 9.91. The van der Waals surface area contributed by atoms with Crippen molar-refractivity contribution < 1.29 is 114 Å². The second-order valence-corrected chi connectivity index (χ2v) is 10.6. The lowest BCUT2D eigenvalue weighted by Gasteiger charge is -2.47. The Balaban J connectivity index is 7.75. The van der Waals surface area contributed by atoms with Gasteiger partial charge in [-0.25, -0.2) is 8.78 Å². The molecule has 230 valence electrons. The van der Waals surface area contributed by atoms with Gasteiger partial charge in [-0.15, -0.1) is 0 Å². The van der Waals surface area contributed by atoms with Crippen LogP contribution in [0.2, 0.25) is 0 Å². The monoisotopic (exact) mass is 654 g/mol. The number of hydrogen-bond acceptors (Lipinski definition) is 0. The first-order valence-corrected chi connectivity index (χ1v) is 9.66. The van der Waals surface area contributed by atoms with Gasteiger partial charge in [-0.1, -0.05) is 0 Å². The van der Waals surface area contributed by atoms with Gasteiger partial charge in [0, 0.05) is 0 Å². The molecule has 0 nitrogen and oxygen atoms in total. The first-order chi connectivity index (χ1) is 15.8. The van der Waals surface area contributed by atoms with Crippen molar-refractivity contribution in [1.29, 1.82) is 0 Å². The van der Waals surface area contributed by atoms with E-state index in [9.17, 15) is 114 Å². The van der Waals surface area contributed by atoms with Gasteiger partial charge in [0.1, 0.15) is 0 Å². The molecule has 0 rings (SSSR count). The highest BCUT2D eigenvalue weighted by Crippen LogP contribution is 2.68.